The molecule has 2 amide bonds. The number of hydrogen-bond donors (Lipinski definition) is 5. The van der Waals surface area contributed by atoms with Gasteiger partial charge in [0.15, 0.2) is 0 Å². The van der Waals surface area contributed by atoms with Crippen molar-refractivity contribution in [3.05, 3.63) is 77.1 Å². The third kappa shape index (κ3) is 7.34. The van der Waals surface area contributed by atoms with Crippen molar-refractivity contribution < 1.29 is 9.59 Å². The van der Waals surface area contributed by atoms with Gasteiger partial charge in [-0.2, -0.15) is 5.10 Å². The summed E-state index contributed by atoms with van der Waals surface area (Å²) in [5.41, 5.74) is 5.63. The molecule has 0 saturated heterocycles. The number of amides is 2. The molecule has 0 fully saturated rings. The van der Waals surface area contributed by atoms with Crippen LogP contribution in [0.2, 0.25) is 5.02 Å². The van der Waals surface area contributed by atoms with Gasteiger partial charge >= 0.3 is 0 Å². The van der Waals surface area contributed by atoms with Gasteiger partial charge in [0.05, 0.1) is 11.7 Å². The average molecular weight is 547 g/mol. The molecule has 3 aromatic rings. The number of hydrazine groups is 1. The van der Waals surface area contributed by atoms with Crippen LogP contribution in [-0.4, -0.2) is 30.2 Å². The quantitative estimate of drug-likeness (QED) is 0.0735. The molecule has 39 heavy (non-hydrogen) atoms. The third-order valence-corrected chi connectivity index (χ3v) is 6.63. The number of carbonyl (C=O) groups excluding carboxylic acids is 2. The fourth-order valence-electron chi connectivity index (χ4n) is 4.50. The van der Waals surface area contributed by atoms with Crippen molar-refractivity contribution in [2.75, 3.05) is 22.2 Å². The Hall–Kier alpha value is -4.41. The summed E-state index contributed by atoms with van der Waals surface area (Å²) in [6, 6.07) is 12.7. The minimum absolute atomic E-state index is 0.226. The Morgan fingerprint density at radius 1 is 1.15 bits per heavy atom. The Kier molecular flexibility index (Phi) is 9.49. The highest BCUT2D eigenvalue weighted by atomic mass is 35.5. The van der Waals surface area contributed by atoms with Crippen molar-refractivity contribution in [2.24, 2.45) is 16.8 Å². The summed E-state index contributed by atoms with van der Waals surface area (Å²) in [6.07, 6.45) is 12.3. The highest BCUT2D eigenvalue weighted by molar-refractivity contribution is 6.30. The third-order valence-electron chi connectivity index (χ3n) is 6.39. The predicted molar refractivity (Wildman–Crippen MR) is 157 cm³/mol. The lowest BCUT2D eigenvalue weighted by atomic mass is 9.96. The zero-order chi connectivity index (χ0) is 27.6. The summed E-state index contributed by atoms with van der Waals surface area (Å²) in [7, 11) is 0. The first-order valence-corrected chi connectivity index (χ1v) is 12.9. The molecule has 0 spiro atoms. The molecule has 202 valence electrons. The van der Waals surface area contributed by atoms with Crippen LogP contribution in [0.1, 0.15) is 42.9 Å². The monoisotopic (exact) mass is 546 g/mol. The smallest absolute Gasteiger partial charge is 0.244 e. The number of pyridine rings is 1. The number of hydrazone groups is 1. The van der Waals surface area contributed by atoms with E-state index in [1.165, 1.54) is 17.4 Å². The van der Waals surface area contributed by atoms with Gasteiger partial charge in [0.25, 0.3) is 0 Å². The number of anilines is 3. The van der Waals surface area contributed by atoms with Crippen LogP contribution in [0.4, 0.5) is 17.1 Å². The van der Waals surface area contributed by atoms with Crippen LogP contribution in [0.25, 0.3) is 17.2 Å². The Morgan fingerprint density at radius 2 is 2.03 bits per heavy atom. The van der Waals surface area contributed by atoms with Gasteiger partial charge in [0.2, 0.25) is 12.3 Å². The van der Waals surface area contributed by atoms with Crippen molar-refractivity contribution in [1.29, 1.82) is 0 Å². The molecule has 1 aliphatic heterocycles. The normalized spacial score (nSPS) is 15.5. The van der Waals surface area contributed by atoms with Gasteiger partial charge in [0.1, 0.15) is 6.34 Å². The second-order valence-electron chi connectivity index (χ2n) is 9.08. The van der Waals surface area contributed by atoms with E-state index >= 15 is 0 Å². The molecule has 7 N–H and O–H groups in total. The van der Waals surface area contributed by atoms with Crippen LogP contribution in [0, 0.1) is 0 Å². The molecule has 2 heterocycles. The molecule has 0 saturated carbocycles. The lowest BCUT2D eigenvalue weighted by molar-refractivity contribution is -0.117. The lowest BCUT2D eigenvalue weighted by Crippen LogP contribution is -2.30. The van der Waals surface area contributed by atoms with Crippen LogP contribution in [-0.2, 0) is 9.59 Å². The van der Waals surface area contributed by atoms with Gasteiger partial charge < -0.3 is 21.8 Å². The molecule has 0 unspecified atom stereocenters. The Labute approximate surface area is 232 Å². The van der Waals surface area contributed by atoms with E-state index in [0.717, 1.165) is 54.6 Å². The van der Waals surface area contributed by atoms with Crippen molar-refractivity contribution in [3.8, 4) is 11.1 Å². The van der Waals surface area contributed by atoms with Gasteiger partial charge in [-0.05, 0) is 60.9 Å². The van der Waals surface area contributed by atoms with Crippen LogP contribution < -0.4 is 32.6 Å². The molecule has 10 nitrogen and oxygen atoms in total. The second kappa shape index (κ2) is 13.4. The van der Waals surface area contributed by atoms with Crippen LogP contribution >= 0.6 is 11.6 Å². The molecule has 0 radical (unpaired) electrons. The summed E-state index contributed by atoms with van der Waals surface area (Å²) < 4.78 is 0. The van der Waals surface area contributed by atoms with E-state index in [0.29, 0.717) is 28.4 Å². The number of carbonyl (C=O) groups is 2. The number of aromatic nitrogens is 1. The molecule has 2 bridgehead atoms. The largest absolute Gasteiger partial charge is 0.384 e. The minimum atomic E-state index is -0.258. The Bertz CT molecular complexity index is 1380. The highest BCUT2D eigenvalue weighted by Gasteiger charge is 2.17. The number of fused-ring (bicyclic) bond motifs is 4. The van der Waals surface area contributed by atoms with E-state index < -0.39 is 0 Å². The summed E-state index contributed by atoms with van der Waals surface area (Å²) >= 11 is 6.17. The SMILES string of the molecule is N/N=C\N(N)c1ccc(Cl)cc1/C=C/C(=O)N[C@H]1CCCCCNc2cc(NC=O)ccc2-c2cncc1c2. The van der Waals surface area contributed by atoms with Gasteiger partial charge in [-0.15, -0.1) is 0 Å². The molecule has 1 aromatic heterocycles. The zero-order valence-electron chi connectivity index (χ0n) is 21.3. The average Bonchev–Trinajstić information content (AvgIpc) is 2.93. The standard InChI is InChI=1S/C28H31ClN8O2/c29-22-6-9-27(37(31)17-35-30)19(13-22)5-10-28(39)36-25-4-2-1-3-11-33-26-14-23(34-18-38)7-8-24(26)20-12-21(25)16-32-15-20/h5-10,12-18,25,33H,1-4,11,30-31H2,(H,34,38)(H,36,39)/b10-5+,35-17-/t25-/m0/s1. The van der Waals surface area contributed by atoms with Crippen LogP contribution in [0.15, 0.2) is 66.0 Å². The summed E-state index contributed by atoms with van der Waals surface area (Å²) in [4.78, 5) is 28.5. The summed E-state index contributed by atoms with van der Waals surface area (Å²) in [6.45, 7) is 0.791. The number of nitrogens with zero attached hydrogens (tertiary/aromatic N) is 3. The van der Waals surface area contributed by atoms with E-state index in [9.17, 15) is 9.59 Å². The maximum absolute atomic E-state index is 13.1. The summed E-state index contributed by atoms with van der Waals surface area (Å²) in [5.74, 6) is 10.9. The van der Waals surface area contributed by atoms with Gasteiger partial charge in [-0.25, -0.2) is 5.84 Å². The van der Waals surface area contributed by atoms with E-state index in [4.69, 9.17) is 23.3 Å². The van der Waals surface area contributed by atoms with Crippen molar-refractivity contribution in [3.63, 3.8) is 0 Å². The molecule has 4 rings (SSSR count). The lowest BCUT2D eigenvalue weighted by Gasteiger charge is -2.21. The van der Waals surface area contributed by atoms with Crippen LogP contribution in [0.5, 0.6) is 0 Å². The van der Waals surface area contributed by atoms with Gasteiger partial charge in [-0.1, -0.05) is 30.5 Å². The Morgan fingerprint density at radius 3 is 2.85 bits per heavy atom. The maximum atomic E-state index is 13.1. The number of nitrogens with one attached hydrogen (secondary N) is 3. The van der Waals surface area contributed by atoms with E-state index in [2.05, 4.69) is 26.0 Å². The number of hydrogen-bond acceptors (Lipinski definition) is 7. The second-order valence-corrected chi connectivity index (χ2v) is 9.51. The Balaban J connectivity index is 1.59. The first-order chi connectivity index (χ1) is 19.0. The van der Waals surface area contributed by atoms with Crippen molar-refractivity contribution in [1.82, 2.24) is 10.3 Å². The fraction of sp³-hybridized carbons (Fsp3) is 0.214. The van der Waals surface area contributed by atoms with E-state index in [1.807, 2.05) is 24.3 Å². The number of benzene rings is 2. The number of nitrogens with two attached hydrogens (primary N) is 2. The van der Waals surface area contributed by atoms with Gasteiger partial charge in [-0.3, -0.25) is 19.6 Å². The first kappa shape index (κ1) is 27.6. The van der Waals surface area contributed by atoms with E-state index in [-0.39, 0.29) is 11.9 Å². The maximum Gasteiger partial charge on any atom is 0.244 e. The number of halogens is 1. The van der Waals surface area contributed by atoms with E-state index in [1.54, 1.807) is 36.7 Å². The van der Waals surface area contributed by atoms with Crippen LogP contribution in [0.3, 0.4) is 0 Å². The zero-order valence-corrected chi connectivity index (χ0v) is 22.1. The molecular formula is C28H31ClN8O2. The predicted octanol–water partition coefficient (Wildman–Crippen LogP) is 4.41. The molecule has 11 heteroatoms. The topological polar surface area (TPSA) is 151 Å². The molecule has 0 aliphatic carbocycles. The summed E-state index contributed by atoms with van der Waals surface area (Å²) in [5, 5.41) is 14.5. The number of rotatable bonds is 7. The van der Waals surface area contributed by atoms with Gasteiger partial charge in [0, 0.05) is 58.1 Å². The molecule has 1 atom stereocenters. The van der Waals surface area contributed by atoms with Crippen molar-refractivity contribution in [2.45, 2.75) is 31.7 Å². The van der Waals surface area contributed by atoms with Crippen molar-refractivity contribution >= 4 is 53.4 Å². The highest BCUT2D eigenvalue weighted by Crippen LogP contribution is 2.33. The molecule has 2 aromatic carbocycles. The molecular weight excluding hydrogens is 516 g/mol. The minimum Gasteiger partial charge on any atom is -0.384 e. The molecule has 1 aliphatic rings. The fourth-order valence-corrected chi connectivity index (χ4v) is 4.68. The first-order valence-electron chi connectivity index (χ1n) is 12.6.